The molecule has 1 saturated carbocycles. The van der Waals surface area contributed by atoms with Gasteiger partial charge in [-0.1, -0.05) is 31.1 Å². The van der Waals surface area contributed by atoms with Gasteiger partial charge >= 0.3 is 0 Å². The fourth-order valence-electron chi connectivity index (χ4n) is 6.81. The molecule has 48 heavy (non-hydrogen) atoms. The number of likely N-dealkylation sites (tertiary alicyclic amines) is 1. The SMILES string of the molecule is Cc1c(F)ccc(F)c1-c1c(C(=O)NCCC(N)=O)cn(C)c1C(=O)c1ccc(C#CCOC2CCN(CC3CCCCC3)CC2)cc1. The number of hydrogen-bond donors (Lipinski definition) is 2. The monoisotopic (exact) mass is 658 g/mol. The third-order valence-corrected chi connectivity index (χ3v) is 9.44. The first-order valence-corrected chi connectivity index (χ1v) is 16.8. The topological polar surface area (TPSA) is 107 Å². The first kappa shape index (κ1) is 35.0. The van der Waals surface area contributed by atoms with Crippen molar-refractivity contribution in [3.05, 3.63) is 82.2 Å². The highest BCUT2D eigenvalue weighted by Gasteiger charge is 2.29. The number of ketones is 1. The number of primary amides is 1. The van der Waals surface area contributed by atoms with Gasteiger partial charge in [-0.05, 0) is 80.5 Å². The van der Waals surface area contributed by atoms with Crippen LogP contribution in [0.3, 0.4) is 0 Å². The van der Waals surface area contributed by atoms with E-state index in [1.54, 1.807) is 31.3 Å². The maximum absolute atomic E-state index is 15.3. The lowest BCUT2D eigenvalue weighted by Gasteiger charge is -2.35. The van der Waals surface area contributed by atoms with E-state index in [9.17, 15) is 18.8 Å². The second kappa shape index (κ2) is 16.2. The number of nitrogens with one attached hydrogen (secondary N) is 1. The van der Waals surface area contributed by atoms with Crippen molar-refractivity contribution in [2.45, 2.75) is 64.4 Å². The second-order valence-corrected chi connectivity index (χ2v) is 12.9. The Kier molecular flexibility index (Phi) is 11.8. The number of ether oxygens (including phenoxy) is 1. The zero-order valence-electron chi connectivity index (χ0n) is 27.7. The summed E-state index contributed by atoms with van der Waals surface area (Å²) in [6.07, 6.45) is 10.4. The van der Waals surface area contributed by atoms with Crippen molar-refractivity contribution >= 4 is 17.6 Å². The summed E-state index contributed by atoms with van der Waals surface area (Å²) in [6, 6.07) is 8.64. The Morgan fingerprint density at radius 2 is 1.65 bits per heavy atom. The van der Waals surface area contributed by atoms with E-state index in [-0.39, 0.29) is 52.6 Å². The van der Waals surface area contributed by atoms with Gasteiger partial charge in [-0.3, -0.25) is 14.4 Å². The molecule has 1 saturated heterocycles. The van der Waals surface area contributed by atoms with Gasteiger partial charge in [-0.2, -0.15) is 0 Å². The first-order chi connectivity index (χ1) is 23.1. The molecule has 0 bridgehead atoms. The number of nitrogens with zero attached hydrogens (tertiary/aromatic N) is 2. The summed E-state index contributed by atoms with van der Waals surface area (Å²) >= 11 is 0. The van der Waals surface area contributed by atoms with Gasteiger partial charge in [-0.15, -0.1) is 0 Å². The van der Waals surface area contributed by atoms with Gasteiger partial charge in [0.25, 0.3) is 5.91 Å². The Hall–Kier alpha value is -4.33. The maximum Gasteiger partial charge on any atom is 0.253 e. The summed E-state index contributed by atoms with van der Waals surface area (Å²) in [5.41, 5.74) is 5.89. The minimum atomic E-state index is -0.779. The van der Waals surface area contributed by atoms with Crippen LogP contribution < -0.4 is 11.1 Å². The van der Waals surface area contributed by atoms with Crippen molar-refractivity contribution in [3.8, 4) is 23.0 Å². The van der Waals surface area contributed by atoms with E-state index in [1.165, 1.54) is 56.3 Å². The van der Waals surface area contributed by atoms with E-state index in [4.69, 9.17) is 10.5 Å². The minimum Gasteiger partial charge on any atom is -0.370 e. The minimum absolute atomic E-state index is 0.0136. The first-order valence-electron chi connectivity index (χ1n) is 16.8. The molecule has 8 nitrogen and oxygen atoms in total. The third kappa shape index (κ3) is 8.57. The van der Waals surface area contributed by atoms with Crippen LogP contribution in [0.25, 0.3) is 11.1 Å². The Morgan fingerprint density at radius 1 is 0.958 bits per heavy atom. The van der Waals surface area contributed by atoms with E-state index in [2.05, 4.69) is 22.1 Å². The molecule has 0 spiro atoms. The Labute approximate surface area is 281 Å². The Morgan fingerprint density at radius 3 is 2.33 bits per heavy atom. The molecular weight excluding hydrogens is 614 g/mol. The molecule has 3 N–H and O–H groups in total. The van der Waals surface area contributed by atoms with Gasteiger partial charge < -0.3 is 25.3 Å². The van der Waals surface area contributed by atoms with Crippen LogP contribution in [0.5, 0.6) is 0 Å². The Balaban J connectivity index is 1.26. The Bertz CT molecular complexity index is 1690. The van der Waals surface area contributed by atoms with E-state index >= 15 is 4.39 Å². The van der Waals surface area contributed by atoms with Crippen LogP contribution in [-0.4, -0.2) is 66.0 Å². The maximum atomic E-state index is 15.3. The van der Waals surface area contributed by atoms with Crippen LogP contribution in [0.15, 0.2) is 42.6 Å². The molecule has 10 heteroatoms. The molecule has 2 aliphatic rings. The van der Waals surface area contributed by atoms with Crippen LogP contribution in [0.2, 0.25) is 0 Å². The van der Waals surface area contributed by atoms with Gasteiger partial charge in [0, 0.05) is 68.1 Å². The highest BCUT2D eigenvalue weighted by Crippen LogP contribution is 2.36. The summed E-state index contributed by atoms with van der Waals surface area (Å²) in [5.74, 6) is 3.82. The fourth-order valence-corrected chi connectivity index (χ4v) is 6.81. The number of hydrogen-bond acceptors (Lipinski definition) is 5. The van der Waals surface area contributed by atoms with Gasteiger partial charge in [0.05, 0.1) is 17.4 Å². The summed E-state index contributed by atoms with van der Waals surface area (Å²) in [4.78, 5) is 40.8. The third-order valence-electron chi connectivity index (χ3n) is 9.44. The standard InChI is InChI=1S/C38H44F2N4O4/c1-25-31(39)14-15-32(40)34(25)35-30(38(47)42-19-16-33(41)45)24-43(2)36(35)37(46)28-12-10-26(11-13-28)9-6-22-48-29-17-20-44(21-18-29)23-27-7-4-3-5-8-27/h10-15,24,27,29H,3-5,7-8,16-23H2,1-2H3,(H2,41,45)(H,42,47). The molecule has 2 aromatic carbocycles. The number of carbonyl (C=O) groups excluding carboxylic acids is 3. The molecule has 1 aliphatic carbocycles. The fraction of sp³-hybridized carbons (Fsp3) is 0.447. The lowest BCUT2D eigenvalue weighted by atomic mass is 9.88. The molecule has 2 fully saturated rings. The molecule has 5 rings (SSSR count). The van der Waals surface area contributed by atoms with Crippen LogP contribution in [-0.2, 0) is 16.6 Å². The van der Waals surface area contributed by atoms with Crippen molar-refractivity contribution in [3.63, 3.8) is 0 Å². The van der Waals surface area contributed by atoms with E-state index < -0.39 is 29.2 Å². The zero-order chi connectivity index (χ0) is 34.2. The predicted octanol–water partition coefficient (Wildman–Crippen LogP) is 5.53. The summed E-state index contributed by atoms with van der Waals surface area (Å²) < 4.78 is 37.4. The number of carbonyl (C=O) groups is 3. The number of benzene rings is 2. The number of rotatable bonds is 11. The van der Waals surface area contributed by atoms with E-state index in [1.807, 2.05) is 0 Å². The smallest absolute Gasteiger partial charge is 0.253 e. The van der Waals surface area contributed by atoms with Gasteiger partial charge in [0.1, 0.15) is 18.2 Å². The molecule has 2 amide bonds. The number of nitrogens with two attached hydrogens (primary N) is 1. The lowest BCUT2D eigenvalue weighted by molar-refractivity contribution is -0.117. The quantitative estimate of drug-likeness (QED) is 0.208. The summed E-state index contributed by atoms with van der Waals surface area (Å²) in [7, 11) is 1.56. The number of amides is 2. The van der Waals surface area contributed by atoms with Crippen LogP contribution >= 0.6 is 0 Å². The highest BCUT2D eigenvalue weighted by atomic mass is 19.1. The average molecular weight is 659 g/mol. The number of aryl methyl sites for hydroxylation is 1. The van der Waals surface area contributed by atoms with E-state index in [0.717, 1.165) is 44.0 Å². The highest BCUT2D eigenvalue weighted by molar-refractivity contribution is 6.16. The lowest BCUT2D eigenvalue weighted by Crippen LogP contribution is -2.40. The van der Waals surface area contributed by atoms with E-state index in [0.29, 0.717) is 12.2 Å². The van der Waals surface area contributed by atoms with Gasteiger partial charge in [-0.25, -0.2) is 8.78 Å². The summed E-state index contributed by atoms with van der Waals surface area (Å²) in [6.45, 7) is 5.02. The van der Waals surface area contributed by atoms with Crippen molar-refractivity contribution < 1.29 is 27.9 Å². The second-order valence-electron chi connectivity index (χ2n) is 12.9. The number of halogens is 2. The molecule has 0 unspecified atom stereocenters. The molecule has 2 heterocycles. The van der Waals surface area contributed by atoms with Gasteiger partial charge in [0.2, 0.25) is 11.7 Å². The molecule has 3 aromatic rings. The van der Waals surface area contributed by atoms with Crippen molar-refractivity contribution in [2.24, 2.45) is 18.7 Å². The van der Waals surface area contributed by atoms with Crippen LogP contribution in [0, 0.1) is 36.3 Å². The van der Waals surface area contributed by atoms with Crippen molar-refractivity contribution in [1.82, 2.24) is 14.8 Å². The van der Waals surface area contributed by atoms with Crippen molar-refractivity contribution in [2.75, 3.05) is 32.8 Å². The molecule has 1 aromatic heterocycles. The molecule has 0 radical (unpaired) electrons. The molecular formula is C38H44F2N4O4. The van der Waals surface area contributed by atoms with Crippen LogP contribution in [0.4, 0.5) is 8.78 Å². The number of aromatic nitrogens is 1. The van der Waals surface area contributed by atoms with Crippen molar-refractivity contribution in [1.29, 1.82) is 0 Å². The normalized spacial score (nSPS) is 15.9. The zero-order valence-corrected chi connectivity index (χ0v) is 27.7. The largest absolute Gasteiger partial charge is 0.370 e. The predicted molar refractivity (Wildman–Crippen MR) is 180 cm³/mol. The number of piperidine rings is 1. The van der Waals surface area contributed by atoms with Gasteiger partial charge in [0.15, 0.2) is 0 Å². The van der Waals surface area contributed by atoms with Crippen LogP contribution in [0.1, 0.15) is 88.9 Å². The molecule has 0 atom stereocenters. The summed E-state index contributed by atoms with van der Waals surface area (Å²) in [5, 5.41) is 2.57. The molecule has 1 aliphatic heterocycles. The average Bonchev–Trinajstić information content (AvgIpc) is 3.42. The molecule has 254 valence electrons.